The number of aromatic nitrogens is 1. The number of anilines is 1. The van der Waals surface area contributed by atoms with Crippen molar-refractivity contribution in [2.45, 2.75) is 71.0 Å². The van der Waals surface area contributed by atoms with Crippen molar-refractivity contribution in [3.63, 3.8) is 0 Å². The fourth-order valence-electron chi connectivity index (χ4n) is 5.09. The Hall–Kier alpha value is -2.57. The highest BCUT2D eigenvalue weighted by Crippen LogP contribution is 2.37. The van der Waals surface area contributed by atoms with Crippen molar-refractivity contribution in [3.05, 3.63) is 47.3 Å². The van der Waals surface area contributed by atoms with Crippen molar-refractivity contribution in [1.82, 2.24) is 10.3 Å². The first-order chi connectivity index (χ1) is 15.6. The summed E-state index contributed by atoms with van der Waals surface area (Å²) in [6.07, 6.45) is 3.06. The van der Waals surface area contributed by atoms with Gasteiger partial charge in [0.25, 0.3) is 0 Å². The van der Waals surface area contributed by atoms with Crippen molar-refractivity contribution >= 4 is 17.2 Å². The van der Waals surface area contributed by atoms with Gasteiger partial charge in [-0.1, -0.05) is 6.92 Å². The Bertz CT molecular complexity index is 1120. The third-order valence-corrected chi connectivity index (χ3v) is 7.42. The maximum atomic E-state index is 10.1. The number of thiophene rings is 1. The molecule has 1 aliphatic heterocycles. The molecule has 6 heteroatoms. The van der Waals surface area contributed by atoms with Crippen molar-refractivity contribution in [3.8, 4) is 33.2 Å². The molecule has 0 aliphatic carbocycles. The van der Waals surface area contributed by atoms with Gasteiger partial charge in [-0.05, 0) is 95.0 Å². The van der Waals surface area contributed by atoms with Crippen LogP contribution in [0.15, 0.2) is 42.5 Å². The second-order valence-corrected chi connectivity index (χ2v) is 11.4. The lowest BCUT2D eigenvalue weighted by Gasteiger charge is -2.46. The SMILES string of the molecule is CCc1ccc(-c2cc(NC3CC(C)(C)NC(C)(C)C3)nc(-c3ccc(O)c(OC)c3)c2)s1. The third kappa shape index (κ3) is 5.50. The van der Waals surface area contributed by atoms with Gasteiger partial charge < -0.3 is 20.5 Å². The van der Waals surface area contributed by atoms with Crippen LogP contribution in [0.3, 0.4) is 0 Å². The number of nitrogens with zero attached hydrogens (tertiary/aromatic N) is 1. The molecule has 1 fully saturated rings. The summed E-state index contributed by atoms with van der Waals surface area (Å²) in [4.78, 5) is 7.59. The topological polar surface area (TPSA) is 66.4 Å². The number of hydrogen-bond acceptors (Lipinski definition) is 6. The summed E-state index contributed by atoms with van der Waals surface area (Å²) in [5.41, 5.74) is 3.01. The zero-order chi connectivity index (χ0) is 23.8. The highest BCUT2D eigenvalue weighted by molar-refractivity contribution is 7.15. The van der Waals surface area contributed by atoms with Gasteiger partial charge in [0.1, 0.15) is 5.82 Å². The van der Waals surface area contributed by atoms with E-state index in [0.717, 1.165) is 41.9 Å². The van der Waals surface area contributed by atoms with Crippen LogP contribution in [-0.4, -0.2) is 34.3 Å². The Balaban J connectivity index is 1.74. The number of benzene rings is 1. The average molecular weight is 466 g/mol. The van der Waals surface area contributed by atoms with E-state index in [1.165, 1.54) is 9.75 Å². The fourth-order valence-corrected chi connectivity index (χ4v) is 6.02. The number of rotatable bonds is 6. The van der Waals surface area contributed by atoms with E-state index >= 15 is 0 Å². The largest absolute Gasteiger partial charge is 0.504 e. The van der Waals surface area contributed by atoms with Crippen LogP contribution in [-0.2, 0) is 6.42 Å². The zero-order valence-corrected chi connectivity index (χ0v) is 21.3. The lowest BCUT2D eigenvalue weighted by Crippen LogP contribution is -2.60. The molecule has 4 rings (SSSR count). The normalized spacial score (nSPS) is 17.6. The molecule has 3 heterocycles. The molecule has 5 nitrogen and oxygen atoms in total. The van der Waals surface area contributed by atoms with E-state index in [0.29, 0.717) is 11.8 Å². The Labute approximate surface area is 201 Å². The molecule has 0 radical (unpaired) electrons. The molecule has 1 aliphatic rings. The first-order valence-corrected chi connectivity index (χ1v) is 12.4. The van der Waals surface area contributed by atoms with Gasteiger partial charge in [0.15, 0.2) is 11.5 Å². The monoisotopic (exact) mass is 465 g/mol. The number of aryl methyl sites for hydroxylation is 1. The molecule has 0 unspecified atom stereocenters. The van der Waals surface area contributed by atoms with Gasteiger partial charge in [-0.3, -0.25) is 0 Å². The third-order valence-electron chi connectivity index (χ3n) is 6.14. The van der Waals surface area contributed by atoms with Crippen LogP contribution in [0.4, 0.5) is 5.82 Å². The van der Waals surface area contributed by atoms with Gasteiger partial charge >= 0.3 is 0 Å². The molecule has 1 saturated heterocycles. The summed E-state index contributed by atoms with van der Waals surface area (Å²) in [6, 6.07) is 14.4. The summed E-state index contributed by atoms with van der Waals surface area (Å²) in [7, 11) is 1.56. The van der Waals surface area contributed by atoms with Gasteiger partial charge in [0.05, 0.1) is 12.8 Å². The number of aromatic hydroxyl groups is 1. The van der Waals surface area contributed by atoms with E-state index in [9.17, 15) is 5.11 Å². The first kappa shape index (κ1) is 23.6. The van der Waals surface area contributed by atoms with Crippen molar-refractivity contribution < 1.29 is 9.84 Å². The van der Waals surface area contributed by atoms with Gasteiger partial charge in [-0.2, -0.15) is 0 Å². The summed E-state index contributed by atoms with van der Waals surface area (Å²) in [6.45, 7) is 11.2. The lowest BCUT2D eigenvalue weighted by atomic mass is 9.79. The average Bonchev–Trinajstić information content (AvgIpc) is 3.21. The smallest absolute Gasteiger partial charge is 0.161 e. The number of phenols is 1. The minimum atomic E-state index is 0.0496. The van der Waals surface area contributed by atoms with Crippen molar-refractivity contribution in [2.75, 3.05) is 12.4 Å². The van der Waals surface area contributed by atoms with E-state index in [1.54, 1.807) is 13.2 Å². The molecule has 2 aromatic heterocycles. The molecule has 3 aromatic rings. The van der Waals surface area contributed by atoms with Gasteiger partial charge in [-0.25, -0.2) is 4.98 Å². The summed E-state index contributed by atoms with van der Waals surface area (Å²) in [5.74, 6) is 1.45. The second kappa shape index (κ2) is 8.99. The van der Waals surface area contributed by atoms with E-state index in [2.05, 4.69) is 69.5 Å². The minimum Gasteiger partial charge on any atom is -0.504 e. The van der Waals surface area contributed by atoms with Crippen LogP contribution in [0.2, 0.25) is 0 Å². The number of pyridine rings is 1. The number of nitrogens with one attached hydrogen (secondary N) is 2. The van der Waals surface area contributed by atoms with Crippen LogP contribution in [0.1, 0.15) is 52.3 Å². The quantitative estimate of drug-likeness (QED) is 0.389. The van der Waals surface area contributed by atoms with Gasteiger partial charge in [-0.15, -0.1) is 11.3 Å². The molecule has 0 bridgehead atoms. The minimum absolute atomic E-state index is 0.0496. The molecule has 0 spiro atoms. The molecule has 1 aromatic carbocycles. The highest BCUT2D eigenvalue weighted by Gasteiger charge is 2.37. The summed E-state index contributed by atoms with van der Waals surface area (Å²) < 4.78 is 5.34. The van der Waals surface area contributed by atoms with Crippen molar-refractivity contribution in [1.29, 1.82) is 0 Å². The second-order valence-electron chi connectivity index (χ2n) is 10.3. The maximum absolute atomic E-state index is 10.1. The van der Waals surface area contributed by atoms with E-state index in [4.69, 9.17) is 9.72 Å². The number of hydrogen-bond donors (Lipinski definition) is 3. The van der Waals surface area contributed by atoms with E-state index in [1.807, 2.05) is 23.5 Å². The Morgan fingerprint density at radius 2 is 1.79 bits per heavy atom. The fraction of sp³-hybridized carbons (Fsp3) is 0.444. The Morgan fingerprint density at radius 3 is 2.42 bits per heavy atom. The predicted molar refractivity (Wildman–Crippen MR) is 139 cm³/mol. The molecule has 33 heavy (non-hydrogen) atoms. The van der Waals surface area contributed by atoms with Gasteiger partial charge in [0, 0.05) is 32.4 Å². The number of phenolic OH excluding ortho intramolecular Hbond substituents is 1. The number of ether oxygens (including phenoxy) is 1. The first-order valence-electron chi connectivity index (χ1n) is 11.6. The maximum Gasteiger partial charge on any atom is 0.161 e. The number of methoxy groups -OCH3 is 1. The van der Waals surface area contributed by atoms with Crippen molar-refractivity contribution in [2.24, 2.45) is 0 Å². The standard InChI is InChI=1S/C27H35N3O2S/c1-7-20-9-11-24(33-20)18-12-21(17-8-10-22(31)23(13-17)32-6)29-25(14-18)28-19-15-26(2,3)30-27(4,5)16-19/h8-14,19,30-31H,7,15-16H2,1-6H3,(H,28,29). The molecular formula is C27H35N3O2S. The zero-order valence-electron chi connectivity index (χ0n) is 20.5. The highest BCUT2D eigenvalue weighted by atomic mass is 32.1. The summed E-state index contributed by atoms with van der Waals surface area (Å²) >= 11 is 1.82. The molecule has 0 saturated carbocycles. The molecule has 0 amide bonds. The number of piperidine rings is 1. The van der Waals surface area contributed by atoms with Crippen LogP contribution in [0.5, 0.6) is 11.5 Å². The Kier molecular flexibility index (Phi) is 6.43. The molecular weight excluding hydrogens is 430 g/mol. The molecule has 0 atom stereocenters. The van der Waals surface area contributed by atoms with Crippen LogP contribution < -0.4 is 15.4 Å². The predicted octanol–water partition coefficient (Wildman–Crippen LogP) is 6.47. The Morgan fingerprint density at radius 1 is 1.06 bits per heavy atom. The molecule has 3 N–H and O–H groups in total. The van der Waals surface area contributed by atoms with E-state index < -0.39 is 0 Å². The van der Waals surface area contributed by atoms with Gasteiger partial charge in [0.2, 0.25) is 0 Å². The molecule has 176 valence electrons. The lowest BCUT2D eigenvalue weighted by molar-refractivity contribution is 0.170. The van der Waals surface area contributed by atoms with Crippen LogP contribution in [0.25, 0.3) is 21.7 Å². The van der Waals surface area contributed by atoms with E-state index in [-0.39, 0.29) is 16.8 Å². The van der Waals surface area contributed by atoms with Crippen LogP contribution in [0, 0.1) is 0 Å². The summed E-state index contributed by atoms with van der Waals surface area (Å²) in [5, 5.41) is 17.6. The van der Waals surface area contributed by atoms with Crippen LogP contribution >= 0.6 is 11.3 Å².